The maximum absolute atomic E-state index is 12.8. The Labute approximate surface area is 116 Å². The smallest absolute Gasteiger partial charge is 0.248 e. The summed E-state index contributed by atoms with van der Waals surface area (Å²) in [6.45, 7) is 8.54. The highest BCUT2D eigenvalue weighted by Gasteiger charge is 2.52. The zero-order chi connectivity index (χ0) is 14.3. The molecule has 1 N–H and O–H groups in total. The number of hydrogen-bond acceptors (Lipinski definition) is 2. The van der Waals surface area contributed by atoms with Crippen molar-refractivity contribution in [3.63, 3.8) is 0 Å². The number of benzene rings is 1. The summed E-state index contributed by atoms with van der Waals surface area (Å²) in [7, 11) is 1.89. The number of rotatable bonds is 2. The van der Waals surface area contributed by atoms with Gasteiger partial charge in [0.1, 0.15) is 5.54 Å². The van der Waals surface area contributed by atoms with Crippen LogP contribution in [0.4, 0.5) is 0 Å². The molecule has 1 aromatic rings. The van der Waals surface area contributed by atoms with E-state index in [1.54, 1.807) is 0 Å². The van der Waals surface area contributed by atoms with E-state index >= 15 is 0 Å². The van der Waals surface area contributed by atoms with Crippen molar-refractivity contribution in [2.24, 2.45) is 5.41 Å². The van der Waals surface area contributed by atoms with Gasteiger partial charge in [0.15, 0.2) is 0 Å². The standard InChI is InChI=1S/C16H24N2O/c1-6-16(12-10-8-7-9-11-12)14(19)18(5)13(17-16)15(2,3)4/h7-11,13,17H,6H2,1-5H3. The van der Waals surface area contributed by atoms with Gasteiger partial charge in [-0.1, -0.05) is 58.0 Å². The zero-order valence-electron chi connectivity index (χ0n) is 12.5. The van der Waals surface area contributed by atoms with Gasteiger partial charge in [0, 0.05) is 7.05 Å². The highest BCUT2D eigenvalue weighted by atomic mass is 16.2. The second-order valence-corrected chi connectivity index (χ2v) is 6.45. The van der Waals surface area contributed by atoms with Crippen molar-refractivity contribution in [2.45, 2.75) is 45.8 Å². The summed E-state index contributed by atoms with van der Waals surface area (Å²) < 4.78 is 0. The lowest BCUT2D eigenvalue weighted by atomic mass is 9.86. The predicted molar refractivity (Wildman–Crippen MR) is 77.6 cm³/mol. The van der Waals surface area contributed by atoms with E-state index in [2.05, 4.69) is 33.0 Å². The summed E-state index contributed by atoms with van der Waals surface area (Å²) in [4.78, 5) is 14.6. The topological polar surface area (TPSA) is 32.3 Å². The monoisotopic (exact) mass is 260 g/mol. The summed E-state index contributed by atoms with van der Waals surface area (Å²) in [5.74, 6) is 0.168. The van der Waals surface area contributed by atoms with Crippen LogP contribution in [0.25, 0.3) is 0 Å². The fourth-order valence-corrected chi connectivity index (χ4v) is 2.99. The number of carbonyl (C=O) groups excluding carboxylic acids is 1. The van der Waals surface area contributed by atoms with E-state index in [1.165, 1.54) is 0 Å². The van der Waals surface area contributed by atoms with Gasteiger partial charge < -0.3 is 4.90 Å². The highest BCUT2D eigenvalue weighted by molar-refractivity contribution is 5.90. The molecule has 2 unspecified atom stereocenters. The van der Waals surface area contributed by atoms with Gasteiger partial charge >= 0.3 is 0 Å². The van der Waals surface area contributed by atoms with Crippen molar-refractivity contribution in [2.75, 3.05) is 7.05 Å². The zero-order valence-corrected chi connectivity index (χ0v) is 12.5. The van der Waals surface area contributed by atoms with Crippen molar-refractivity contribution in [1.29, 1.82) is 0 Å². The first kappa shape index (κ1) is 14.1. The Hall–Kier alpha value is -1.35. The van der Waals surface area contributed by atoms with E-state index in [-0.39, 0.29) is 17.5 Å². The Morgan fingerprint density at radius 3 is 2.26 bits per heavy atom. The molecule has 2 rings (SSSR count). The van der Waals surface area contributed by atoms with Crippen molar-refractivity contribution in [3.05, 3.63) is 35.9 Å². The molecule has 3 nitrogen and oxygen atoms in total. The first-order chi connectivity index (χ1) is 8.83. The van der Waals surface area contributed by atoms with Crippen LogP contribution < -0.4 is 5.32 Å². The van der Waals surface area contributed by atoms with Crippen LogP contribution in [0.5, 0.6) is 0 Å². The Morgan fingerprint density at radius 1 is 1.26 bits per heavy atom. The number of amides is 1. The molecule has 1 fully saturated rings. The third-order valence-corrected chi connectivity index (χ3v) is 4.07. The molecule has 0 bridgehead atoms. The van der Waals surface area contributed by atoms with Crippen LogP contribution in [0.15, 0.2) is 30.3 Å². The van der Waals surface area contributed by atoms with Crippen molar-refractivity contribution in [1.82, 2.24) is 10.2 Å². The van der Waals surface area contributed by atoms with Gasteiger partial charge in [0.05, 0.1) is 6.17 Å². The maximum Gasteiger partial charge on any atom is 0.248 e. The summed E-state index contributed by atoms with van der Waals surface area (Å²) in [6, 6.07) is 10.0. The van der Waals surface area contributed by atoms with Gasteiger partial charge in [-0.25, -0.2) is 0 Å². The minimum absolute atomic E-state index is 0.0100. The number of nitrogens with one attached hydrogen (secondary N) is 1. The molecule has 1 aliphatic heterocycles. The fourth-order valence-electron chi connectivity index (χ4n) is 2.99. The third kappa shape index (κ3) is 2.16. The summed E-state index contributed by atoms with van der Waals surface area (Å²) in [5, 5.41) is 3.59. The van der Waals surface area contributed by atoms with Gasteiger partial charge in [-0.2, -0.15) is 0 Å². The molecule has 3 heteroatoms. The van der Waals surface area contributed by atoms with E-state index in [9.17, 15) is 4.79 Å². The van der Waals surface area contributed by atoms with Gasteiger partial charge in [-0.05, 0) is 17.4 Å². The Bertz CT molecular complexity index is 463. The van der Waals surface area contributed by atoms with Gasteiger partial charge in [0.2, 0.25) is 5.91 Å². The highest BCUT2D eigenvalue weighted by Crippen LogP contribution is 2.38. The molecule has 0 aromatic heterocycles. The van der Waals surface area contributed by atoms with E-state index in [0.717, 1.165) is 12.0 Å². The van der Waals surface area contributed by atoms with Gasteiger partial charge in [0.25, 0.3) is 0 Å². The Morgan fingerprint density at radius 2 is 1.84 bits per heavy atom. The summed E-state index contributed by atoms with van der Waals surface area (Å²) in [5.41, 5.74) is 0.491. The lowest BCUT2D eigenvalue weighted by Gasteiger charge is -2.33. The maximum atomic E-state index is 12.8. The molecule has 19 heavy (non-hydrogen) atoms. The second-order valence-electron chi connectivity index (χ2n) is 6.45. The van der Waals surface area contributed by atoms with Crippen LogP contribution >= 0.6 is 0 Å². The van der Waals surface area contributed by atoms with Crippen LogP contribution in [-0.4, -0.2) is 24.0 Å². The lowest BCUT2D eigenvalue weighted by Crippen LogP contribution is -2.48. The molecular formula is C16H24N2O. The van der Waals surface area contributed by atoms with Crippen LogP contribution in [-0.2, 0) is 10.3 Å². The third-order valence-electron chi connectivity index (χ3n) is 4.07. The lowest BCUT2D eigenvalue weighted by molar-refractivity contribution is -0.133. The minimum atomic E-state index is -0.575. The molecule has 2 atom stereocenters. The molecule has 1 aromatic carbocycles. The summed E-state index contributed by atoms with van der Waals surface area (Å²) in [6.07, 6.45) is 0.812. The van der Waals surface area contributed by atoms with E-state index in [0.29, 0.717) is 0 Å². The van der Waals surface area contributed by atoms with Gasteiger partial charge in [-0.15, -0.1) is 0 Å². The molecule has 0 saturated carbocycles. The van der Waals surface area contributed by atoms with Gasteiger partial charge in [-0.3, -0.25) is 10.1 Å². The van der Waals surface area contributed by atoms with Crippen LogP contribution in [0.2, 0.25) is 0 Å². The minimum Gasteiger partial charge on any atom is -0.328 e. The average Bonchev–Trinajstić information content (AvgIpc) is 2.65. The van der Waals surface area contributed by atoms with Crippen molar-refractivity contribution >= 4 is 5.91 Å². The first-order valence-electron chi connectivity index (χ1n) is 6.93. The summed E-state index contributed by atoms with van der Waals surface area (Å²) >= 11 is 0. The number of likely N-dealkylation sites (N-methyl/N-ethyl adjacent to an activating group) is 1. The molecule has 1 heterocycles. The normalized spacial score (nSPS) is 27.9. The van der Waals surface area contributed by atoms with Crippen molar-refractivity contribution in [3.8, 4) is 0 Å². The van der Waals surface area contributed by atoms with E-state index in [1.807, 2.05) is 42.3 Å². The molecule has 0 radical (unpaired) electrons. The van der Waals surface area contributed by atoms with Crippen LogP contribution in [0.1, 0.15) is 39.7 Å². The van der Waals surface area contributed by atoms with E-state index in [4.69, 9.17) is 0 Å². The second kappa shape index (κ2) is 4.64. The van der Waals surface area contributed by atoms with E-state index < -0.39 is 5.54 Å². The fraction of sp³-hybridized carbons (Fsp3) is 0.562. The van der Waals surface area contributed by atoms with Crippen molar-refractivity contribution < 1.29 is 4.79 Å². The number of nitrogens with zero attached hydrogens (tertiary/aromatic N) is 1. The first-order valence-corrected chi connectivity index (χ1v) is 6.93. The largest absolute Gasteiger partial charge is 0.328 e. The average molecular weight is 260 g/mol. The predicted octanol–water partition coefficient (Wildman–Crippen LogP) is 2.73. The number of hydrogen-bond donors (Lipinski definition) is 1. The Kier molecular flexibility index (Phi) is 3.43. The van der Waals surface area contributed by atoms with Crippen LogP contribution in [0, 0.1) is 5.41 Å². The molecule has 1 amide bonds. The quantitative estimate of drug-likeness (QED) is 0.886. The molecule has 0 aliphatic carbocycles. The molecular weight excluding hydrogens is 236 g/mol. The molecule has 1 saturated heterocycles. The number of carbonyl (C=O) groups is 1. The van der Waals surface area contributed by atoms with Crippen LogP contribution in [0.3, 0.4) is 0 Å². The SMILES string of the molecule is CCC1(c2ccccc2)NC(C(C)(C)C)N(C)C1=O. The molecule has 1 aliphatic rings. The molecule has 0 spiro atoms. The Balaban J connectivity index is 2.46. The molecule has 104 valence electrons.